The van der Waals surface area contributed by atoms with Crippen LogP contribution in [0, 0.1) is 17.2 Å². The smallest absolute Gasteiger partial charge is 0.213 e. The molecule has 1 aliphatic carbocycles. The highest BCUT2D eigenvalue weighted by Crippen LogP contribution is 2.38. The number of aromatic amines is 1. The highest BCUT2D eigenvalue weighted by molar-refractivity contribution is 6.19. The lowest BCUT2D eigenvalue weighted by Gasteiger charge is -2.22. The molecule has 6 nitrogen and oxygen atoms in total. The number of hydrogen-bond acceptors (Lipinski definition) is 4. The number of nitrogens with one attached hydrogen (secondary N) is 1. The normalized spacial score (nSPS) is 16.9. The Kier molecular flexibility index (Phi) is 3.04. The molecule has 1 saturated carbocycles. The SMILES string of the molecule is N#CC[C@@H](C1CCCC1)n1ncc2c3cc[nH]c4ncc(c(=O)c21)c43. The lowest BCUT2D eigenvalue weighted by Crippen LogP contribution is -2.21. The van der Waals surface area contributed by atoms with E-state index in [1.54, 1.807) is 12.4 Å². The molecular formula is C19H17N5O. The fourth-order valence-electron chi connectivity index (χ4n) is 4.50. The molecule has 0 radical (unpaired) electrons. The van der Waals surface area contributed by atoms with Crippen LogP contribution in [0.3, 0.4) is 0 Å². The first-order valence-corrected chi connectivity index (χ1v) is 8.75. The van der Waals surface area contributed by atoms with Gasteiger partial charge in [-0.05, 0) is 30.2 Å². The quantitative estimate of drug-likeness (QED) is 0.622. The van der Waals surface area contributed by atoms with Crippen molar-refractivity contribution in [2.45, 2.75) is 38.1 Å². The van der Waals surface area contributed by atoms with Crippen molar-refractivity contribution in [1.29, 1.82) is 5.26 Å². The molecule has 1 aliphatic rings. The van der Waals surface area contributed by atoms with Gasteiger partial charge in [0, 0.05) is 23.2 Å². The third-order valence-electron chi connectivity index (χ3n) is 5.67. The van der Waals surface area contributed by atoms with Crippen LogP contribution in [0.25, 0.3) is 32.7 Å². The topological polar surface area (TPSA) is 87.4 Å². The van der Waals surface area contributed by atoms with Crippen LogP contribution < -0.4 is 5.43 Å². The summed E-state index contributed by atoms with van der Waals surface area (Å²) in [5.74, 6) is 0.416. The summed E-state index contributed by atoms with van der Waals surface area (Å²) >= 11 is 0. The Labute approximate surface area is 143 Å². The monoisotopic (exact) mass is 331 g/mol. The van der Waals surface area contributed by atoms with Gasteiger partial charge in [0.05, 0.1) is 30.1 Å². The zero-order valence-electron chi connectivity index (χ0n) is 13.7. The van der Waals surface area contributed by atoms with E-state index in [0.29, 0.717) is 23.2 Å². The van der Waals surface area contributed by atoms with Gasteiger partial charge >= 0.3 is 0 Å². The summed E-state index contributed by atoms with van der Waals surface area (Å²) in [5, 5.41) is 17.2. The van der Waals surface area contributed by atoms with Gasteiger partial charge in [-0.2, -0.15) is 10.4 Å². The molecule has 0 bridgehead atoms. The van der Waals surface area contributed by atoms with Gasteiger partial charge < -0.3 is 4.98 Å². The summed E-state index contributed by atoms with van der Waals surface area (Å²) in [6.45, 7) is 0. The molecule has 1 aromatic carbocycles. The Morgan fingerprint density at radius 1 is 1.28 bits per heavy atom. The standard InChI is InChI=1S/C19H17N5O/c20-7-5-15(11-3-1-2-4-11)24-17-13(10-23-24)12-6-8-21-19-16(12)14(9-22-19)18(17)25/h6,8-11,15H,1-5H2,(H,21,22)/t15-/m0/s1. The van der Waals surface area contributed by atoms with Gasteiger partial charge in [-0.15, -0.1) is 0 Å². The largest absolute Gasteiger partial charge is 0.346 e. The lowest BCUT2D eigenvalue weighted by molar-refractivity contribution is 0.322. The number of fused-ring (bicyclic) bond motifs is 2. The van der Waals surface area contributed by atoms with Crippen LogP contribution in [0.15, 0.2) is 29.5 Å². The molecule has 6 heteroatoms. The Hall–Kier alpha value is -2.94. The maximum atomic E-state index is 13.2. The third-order valence-corrected chi connectivity index (χ3v) is 5.67. The predicted molar refractivity (Wildman–Crippen MR) is 95.6 cm³/mol. The molecule has 0 amide bonds. The molecule has 124 valence electrons. The van der Waals surface area contributed by atoms with Crippen LogP contribution in [0.2, 0.25) is 0 Å². The highest BCUT2D eigenvalue weighted by Gasteiger charge is 2.29. The van der Waals surface area contributed by atoms with Gasteiger partial charge in [-0.25, -0.2) is 4.98 Å². The van der Waals surface area contributed by atoms with Crippen molar-refractivity contribution in [3.05, 3.63) is 34.9 Å². The molecular weight excluding hydrogens is 314 g/mol. The summed E-state index contributed by atoms with van der Waals surface area (Å²) in [4.78, 5) is 20.6. The van der Waals surface area contributed by atoms with Crippen molar-refractivity contribution in [2.24, 2.45) is 5.92 Å². The summed E-state index contributed by atoms with van der Waals surface area (Å²) in [6, 6.07) is 4.24. The van der Waals surface area contributed by atoms with E-state index in [1.165, 1.54) is 12.8 Å². The van der Waals surface area contributed by atoms with E-state index in [9.17, 15) is 10.1 Å². The van der Waals surface area contributed by atoms with Gasteiger partial charge in [0.1, 0.15) is 11.2 Å². The lowest BCUT2D eigenvalue weighted by atomic mass is 9.95. The first-order chi connectivity index (χ1) is 12.3. The minimum Gasteiger partial charge on any atom is -0.346 e. The molecule has 3 aromatic heterocycles. The number of H-pyrrole nitrogens is 1. The molecule has 0 aliphatic heterocycles. The average Bonchev–Trinajstić information content (AvgIpc) is 3.37. The van der Waals surface area contributed by atoms with Crippen LogP contribution in [-0.2, 0) is 0 Å². The molecule has 0 spiro atoms. The molecule has 1 atom stereocenters. The number of hydrogen-bond donors (Lipinski definition) is 1. The predicted octanol–water partition coefficient (Wildman–Crippen LogP) is 3.51. The molecule has 0 unspecified atom stereocenters. The molecule has 25 heavy (non-hydrogen) atoms. The summed E-state index contributed by atoms with van der Waals surface area (Å²) < 4.78 is 1.83. The van der Waals surface area contributed by atoms with E-state index in [4.69, 9.17) is 0 Å². The number of aromatic nitrogens is 4. The van der Waals surface area contributed by atoms with E-state index >= 15 is 0 Å². The van der Waals surface area contributed by atoms with Crippen molar-refractivity contribution in [3.63, 3.8) is 0 Å². The van der Waals surface area contributed by atoms with Crippen LogP contribution in [0.4, 0.5) is 0 Å². The minimum absolute atomic E-state index is 0.0320. The summed E-state index contributed by atoms with van der Waals surface area (Å²) in [5.41, 5.74) is 1.30. The van der Waals surface area contributed by atoms with Crippen molar-refractivity contribution < 1.29 is 0 Å². The first-order valence-electron chi connectivity index (χ1n) is 8.75. The molecule has 3 heterocycles. The zero-order chi connectivity index (χ0) is 17.0. The van der Waals surface area contributed by atoms with Gasteiger partial charge in [0.15, 0.2) is 0 Å². The fraction of sp³-hybridized carbons (Fsp3) is 0.368. The second-order valence-corrected chi connectivity index (χ2v) is 6.94. The maximum absolute atomic E-state index is 13.2. The van der Waals surface area contributed by atoms with E-state index in [0.717, 1.165) is 34.6 Å². The van der Waals surface area contributed by atoms with E-state index in [-0.39, 0.29) is 11.5 Å². The maximum Gasteiger partial charge on any atom is 0.213 e. The average molecular weight is 331 g/mol. The number of rotatable bonds is 3. The van der Waals surface area contributed by atoms with Crippen LogP contribution in [0.5, 0.6) is 0 Å². The molecule has 0 saturated heterocycles. The Bertz CT molecular complexity index is 1180. The van der Waals surface area contributed by atoms with Crippen LogP contribution in [0.1, 0.15) is 38.1 Å². The number of benzene rings is 1. The van der Waals surface area contributed by atoms with E-state index in [1.807, 2.05) is 16.9 Å². The van der Waals surface area contributed by atoms with E-state index < -0.39 is 0 Å². The molecule has 1 N–H and O–H groups in total. The van der Waals surface area contributed by atoms with E-state index in [2.05, 4.69) is 21.1 Å². The Morgan fingerprint density at radius 3 is 2.92 bits per heavy atom. The van der Waals surface area contributed by atoms with Crippen molar-refractivity contribution in [1.82, 2.24) is 19.7 Å². The first kappa shape index (κ1) is 14.4. The second kappa shape index (κ2) is 5.28. The molecule has 1 fully saturated rings. The van der Waals surface area contributed by atoms with Crippen molar-refractivity contribution in [3.8, 4) is 6.07 Å². The molecule has 4 aromatic rings. The number of nitrogens with zero attached hydrogens (tertiary/aromatic N) is 4. The fourth-order valence-corrected chi connectivity index (χ4v) is 4.50. The van der Waals surface area contributed by atoms with Crippen LogP contribution >= 0.6 is 0 Å². The molecule has 5 rings (SSSR count). The Morgan fingerprint density at radius 2 is 2.12 bits per heavy atom. The second-order valence-electron chi connectivity index (χ2n) is 6.94. The zero-order valence-corrected chi connectivity index (χ0v) is 13.7. The van der Waals surface area contributed by atoms with Gasteiger partial charge in [0.25, 0.3) is 0 Å². The summed E-state index contributed by atoms with van der Waals surface area (Å²) in [7, 11) is 0. The minimum atomic E-state index is -0.0389. The van der Waals surface area contributed by atoms with Crippen molar-refractivity contribution >= 4 is 32.7 Å². The van der Waals surface area contributed by atoms with Crippen LogP contribution in [-0.4, -0.2) is 19.7 Å². The summed E-state index contributed by atoms with van der Waals surface area (Å²) in [6.07, 6.45) is 10.2. The van der Waals surface area contributed by atoms with Crippen molar-refractivity contribution in [2.75, 3.05) is 0 Å². The van der Waals surface area contributed by atoms with Gasteiger partial charge in [-0.3, -0.25) is 9.48 Å². The number of pyridine rings is 1. The van der Waals surface area contributed by atoms with Gasteiger partial charge in [-0.1, -0.05) is 12.8 Å². The third kappa shape index (κ3) is 1.92. The number of nitriles is 1. The van der Waals surface area contributed by atoms with Gasteiger partial charge in [0.2, 0.25) is 5.43 Å². The Balaban J connectivity index is 1.84. The highest BCUT2D eigenvalue weighted by atomic mass is 16.1.